The smallest absolute Gasteiger partial charge is 0.193 e. The predicted octanol–water partition coefficient (Wildman–Crippen LogP) is 8.02. The van der Waals surface area contributed by atoms with Gasteiger partial charge in [-0.1, -0.05) is 66.2 Å². The Bertz CT molecular complexity index is 1320. The van der Waals surface area contributed by atoms with E-state index in [9.17, 15) is 19.5 Å². The largest absolute Gasteiger partial charge is 0.511 e. The van der Waals surface area contributed by atoms with Gasteiger partial charge in [0.25, 0.3) is 0 Å². The van der Waals surface area contributed by atoms with Gasteiger partial charge >= 0.3 is 0 Å². The minimum Gasteiger partial charge on any atom is -0.511 e. The maximum atomic E-state index is 14.5. The zero-order valence-electron chi connectivity index (χ0n) is 25.3. The van der Waals surface area contributed by atoms with Gasteiger partial charge < -0.3 is 5.11 Å². The molecule has 0 aliphatic heterocycles. The maximum Gasteiger partial charge on any atom is 0.193 e. The van der Waals surface area contributed by atoms with Gasteiger partial charge in [0.1, 0.15) is 5.76 Å². The molecule has 3 aliphatic carbocycles. The third-order valence-electron chi connectivity index (χ3n) is 11.1. The Balaban J connectivity index is 1.94. The van der Waals surface area contributed by atoms with E-state index in [1.165, 1.54) is 12.5 Å². The number of hydrogen-bond donors (Lipinski definition) is 1. The van der Waals surface area contributed by atoms with Crippen LogP contribution in [0.25, 0.3) is 0 Å². The molecule has 1 N–H and O–H groups in total. The van der Waals surface area contributed by atoms with Crippen LogP contribution < -0.4 is 0 Å². The van der Waals surface area contributed by atoms with Crippen LogP contribution in [0.5, 0.6) is 0 Å². The fraction of sp³-hybridized carbons (Fsp3) is 0.618. The molecule has 0 heterocycles. The van der Waals surface area contributed by atoms with Crippen molar-refractivity contribution < 1.29 is 19.5 Å². The highest BCUT2D eigenvalue weighted by molar-refractivity contribution is 6.24. The summed E-state index contributed by atoms with van der Waals surface area (Å²) in [6, 6.07) is 4.32. The first-order valence-electron chi connectivity index (χ1n) is 14.2. The zero-order chi connectivity index (χ0) is 28.7. The molecule has 1 aromatic rings. The number of carbonyl (C=O) groups is 3. The lowest BCUT2D eigenvalue weighted by Gasteiger charge is -2.63. The van der Waals surface area contributed by atoms with E-state index in [0.29, 0.717) is 17.6 Å². The van der Waals surface area contributed by atoms with Gasteiger partial charge in [-0.05, 0) is 92.7 Å². The molecule has 5 atom stereocenters. The van der Waals surface area contributed by atoms with Crippen molar-refractivity contribution in [1.82, 2.24) is 0 Å². The lowest BCUT2D eigenvalue weighted by Crippen LogP contribution is -2.62. The molecular weight excluding hydrogens is 472 g/mol. The number of hydrogen-bond acceptors (Lipinski definition) is 4. The summed E-state index contributed by atoms with van der Waals surface area (Å²) in [7, 11) is 0. The first-order valence-corrected chi connectivity index (χ1v) is 14.2. The van der Waals surface area contributed by atoms with Gasteiger partial charge in [-0.15, -0.1) is 0 Å². The van der Waals surface area contributed by atoms with E-state index in [0.717, 1.165) is 36.0 Å². The van der Waals surface area contributed by atoms with Gasteiger partial charge in [0.15, 0.2) is 17.3 Å². The van der Waals surface area contributed by atoms with Gasteiger partial charge in [-0.25, -0.2) is 0 Å². The first kappa shape index (κ1) is 28.5. The van der Waals surface area contributed by atoms with E-state index in [1.54, 1.807) is 6.92 Å². The first-order chi connectivity index (χ1) is 17.4. The van der Waals surface area contributed by atoms with Gasteiger partial charge in [-0.2, -0.15) is 0 Å². The number of allylic oxidation sites excluding steroid dienone is 4. The second kappa shape index (κ2) is 8.76. The second-order valence-corrected chi connectivity index (χ2v) is 14.3. The van der Waals surface area contributed by atoms with Crippen LogP contribution in [0.3, 0.4) is 0 Å². The Hall–Kier alpha value is -2.49. The molecule has 0 amide bonds. The van der Waals surface area contributed by atoms with E-state index in [4.69, 9.17) is 0 Å². The van der Waals surface area contributed by atoms with Crippen LogP contribution in [0.1, 0.15) is 121 Å². The SMILES string of the molecule is CC(=O)C1=C(C)C[C@@]2(C)[C@H](C)[C@]3(C)C(=C(O)[C@]2(C)C1=O)C(=O)c1c(ccc(CCCC(C)(C)C)c1C)[C@H]3C. The molecule has 4 heteroatoms. The molecule has 0 saturated carbocycles. The third-order valence-corrected chi connectivity index (χ3v) is 11.1. The highest BCUT2D eigenvalue weighted by Crippen LogP contribution is 2.70. The van der Waals surface area contributed by atoms with Crippen LogP contribution in [0.15, 0.2) is 34.6 Å². The average Bonchev–Trinajstić information content (AvgIpc) is 2.79. The van der Waals surface area contributed by atoms with E-state index < -0.39 is 16.2 Å². The molecule has 4 rings (SSSR count). The molecule has 0 spiro atoms. The van der Waals surface area contributed by atoms with E-state index in [2.05, 4.69) is 60.6 Å². The molecule has 0 saturated heterocycles. The van der Waals surface area contributed by atoms with E-state index >= 15 is 0 Å². The zero-order valence-corrected chi connectivity index (χ0v) is 25.3. The number of aryl methyl sites for hydroxylation is 1. The molecule has 4 nitrogen and oxygen atoms in total. The van der Waals surface area contributed by atoms with Crippen LogP contribution in [0.4, 0.5) is 0 Å². The lowest BCUT2D eigenvalue weighted by molar-refractivity contribution is -0.144. The Morgan fingerprint density at radius 3 is 2.24 bits per heavy atom. The normalized spacial score (nSPS) is 33.2. The van der Waals surface area contributed by atoms with Crippen molar-refractivity contribution in [3.05, 3.63) is 56.9 Å². The molecule has 0 aromatic heterocycles. The molecule has 0 unspecified atom stereocenters. The summed E-state index contributed by atoms with van der Waals surface area (Å²) in [5, 5.41) is 12.1. The Morgan fingerprint density at radius 1 is 1.08 bits per heavy atom. The molecular formula is C34H46O4. The predicted molar refractivity (Wildman–Crippen MR) is 152 cm³/mol. The van der Waals surface area contributed by atoms with E-state index in [1.807, 2.05) is 13.8 Å². The van der Waals surface area contributed by atoms with Gasteiger partial charge in [0.05, 0.1) is 11.0 Å². The highest BCUT2D eigenvalue weighted by atomic mass is 16.3. The topological polar surface area (TPSA) is 71.4 Å². The summed E-state index contributed by atoms with van der Waals surface area (Å²) in [6.07, 6.45) is 3.56. The fourth-order valence-electron chi connectivity index (χ4n) is 8.24. The third kappa shape index (κ3) is 3.58. The second-order valence-electron chi connectivity index (χ2n) is 14.3. The van der Waals surface area contributed by atoms with E-state index in [-0.39, 0.29) is 45.9 Å². The molecule has 3 aliphatic rings. The van der Waals surface area contributed by atoms with Crippen LogP contribution in [-0.2, 0) is 16.0 Å². The summed E-state index contributed by atoms with van der Waals surface area (Å²) in [5.41, 5.74) is 2.81. The van der Waals surface area contributed by atoms with Crippen LogP contribution in [-0.4, -0.2) is 22.5 Å². The standard InChI is InChI=1S/C34H46O4/c1-18-17-32(9)22(5)33(10)20(3)24-15-14-23(13-12-16-31(6,7)8)19(2)26(24)28(36)27(33)30(38)34(32,11)29(37)25(18)21(4)35/h14-15,20,22,38H,12-13,16-17H2,1-11H3/t20-,22+,32+,33-,34+/m1/s1. The summed E-state index contributed by atoms with van der Waals surface area (Å²) in [4.78, 5) is 41.0. The number of aliphatic hydroxyl groups is 1. The summed E-state index contributed by atoms with van der Waals surface area (Å²) >= 11 is 0. The number of carbonyl (C=O) groups excluding carboxylic acids is 3. The van der Waals surface area contributed by atoms with Crippen molar-refractivity contribution in [2.24, 2.45) is 27.6 Å². The van der Waals surface area contributed by atoms with Crippen LogP contribution in [0, 0.1) is 34.5 Å². The Kier molecular flexibility index (Phi) is 6.57. The number of Topliss-reactive ketones (excluding diaryl/α,β-unsaturated/α-hetero) is 3. The number of aliphatic hydroxyl groups excluding tert-OH is 1. The molecule has 1 aromatic carbocycles. The van der Waals surface area contributed by atoms with Crippen molar-refractivity contribution in [1.29, 1.82) is 0 Å². The number of ketones is 3. The van der Waals surface area contributed by atoms with Crippen LogP contribution >= 0.6 is 0 Å². The van der Waals surface area contributed by atoms with Crippen molar-refractivity contribution in [3.63, 3.8) is 0 Å². The minimum absolute atomic E-state index is 0.0281. The van der Waals surface area contributed by atoms with Gasteiger partial charge in [0.2, 0.25) is 0 Å². The number of fused-ring (bicyclic) bond motifs is 3. The van der Waals surface area contributed by atoms with Gasteiger partial charge in [-0.3, -0.25) is 14.4 Å². The Morgan fingerprint density at radius 2 is 1.68 bits per heavy atom. The van der Waals surface area contributed by atoms with Crippen molar-refractivity contribution in [2.45, 2.75) is 108 Å². The average molecular weight is 519 g/mol. The van der Waals surface area contributed by atoms with Crippen LogP contribution in [0.2, 0.25) is 0 Å². The fourth-order valence-corrected chi connectivity index (χ4v) is 8.24. The van der Waals surface area contributed by atoms with Gasteiger partial charge in [0, 0.05) is 16.6 Å². The summed E-state index contributed by atoms with van der Waals surface area (Å²) in [6.45, 7) is 22.2. The minimum atomic E-state index is -1.34. The molecule has 0 bridgehead atoms. The summed E-state index contributed by atoms with van der Waals surface area (Å²) in [5.74, 6) is -1.05. The molecule has 0 radical (unpaired) electrons. The van der Waals surface area contributed by atoms with Crippen molar-refractivity contribution in [3.8, 4) is 0 Å². The number of benzene rings is 1. The molecule has 206 valence electrons. The van der Waals surface area contributed by atoms with Crippen molar-refractivity contribution >= 4 is 17.3 Å². The van der Waals surface area contributed by atoms with Crippen molar-refractivity contribution in [2.75, 3.05) is 0 Å². The number of rotatable bonds is 4. The Labute approximate surface area is 229 Å². The monoisotopic (exact) mass is 518 g/mol. The quantitative estimate of drug-likeness (QED) is 0.410. The lowest BCUT2D eigenvalue weighted by atomic mass is 9.39. The summed E-state index contributed by atoms with van der Waals surface area (Å²) < 4.78 is 0. The molecule has 38 heavy (non-hydrogen) atoms. The highest BCUT2D eigenvalue weighted by Gasteiger charge is 2.69. The molecule has 0 fully saturated rings. The maximum absolute atomic E-state index is 14.5.